The Hall–Kier alpha value is -3.21. The van der Waals surface area contributed by atoms with Crippen LogP contribution in [0.1, 0.15) is 42.7 Å². The highest BCUT2D eigenvalue weighted by Crippen LogP contribution is 2.31. The molecular formula is C24H27NO4. The van der Waals surface area contributed by atoms with Crippen LogP contribution < -0.4 is 19.5 Å². The van der Waals surface area contributed by atoms with Crippen molar-refractivity contribution in [2.24, 2.45) is 0 Å². The minimum Gasteiger partial charge on any atom is -0.496 e. The molecule has 0 spiro atoms. The summed E-state index contributed by atoms with van der Waals surface area (Å²) in [6.45, 7) is 6.91. The van der Waals surface area contributed by atoms with Crippen LogP contribution in [0.25, 0.3) is 10.8 Å². The Morgan fingerprint density at radius 3 is 2.21 bits per heavy atom. The summed E-state index contributed by atoms with van der Waals surface area (Å²) in [5.41, 5.74) is 1.44. The van der Waals surface area contributed by atoms with E-state index in [2.05, 4.69) is 5.32 Å². The lowest BCUT2D eigenvalue weighted by Crippen LogP contribution is -2.27. The number of methoxy groups -OCH3 is 1. The van der Waals surface area contributed by atoms with Gasteiger partial charge < -0.3 is 19.5 Å². The average Bonchev–Trinajstić information content (AvgIpc) is 2.74. The molecule has 0 saturated carbocycles. The van der Waals surface area contributed by atoms with Crippen LogP contribution in [0.2, 0.25) is 0 Å². The molecule has 0 aliphatic rings. The van der Waals surface area contributed by atoms with E-state index >= 15 is 0 Å². The molecule has 1 N–H and O–H groups in total. The third kappa shape index (κ3) is 4.62. The van der Waals surface area contributed by atoms with E-state index in [-0.39, 0.29) is 11.9 Å². The Morgan fingerprint density at radius 1 is 0.897 bits per heavy atom. The lowest BCUT2D eigenvalue weighted by atomic mass is 10.0. The Morgan fingerprint density at radius 2 is 1.55 bits per heavy atom. The maximum Gasteiger partial charge on any atom is 0.255 e. The first-order valence-electron chi connectivity index (χ1n) is 9.84. The maximum atomic E-state index is 13.0. The highest BCUT2D eigenvalue weighted by atomic mass is 16.5. The number of rotatable bonds is 8. The second kappa shape index (κ2) is 9.32. The minimum atomic E-state index is -0.214. The van der Waals surface area contributed by atoms with Gasteiger partial charge in [-0.2, -0.15) is 0 Å². The summed E-state index contributed by atoms with van der Waals surface area (Å²) in [7, 11) is 1.57. The van der Waals surface area contributed by atoms with E-state index in [0.29, 0.717) is 36.0 Å². The number of benzene rings is 3. The molecule has 0 radical (unpaired) electrons. The Kier molecular flexibility index (Phi) is 6.60. The fourth-order valence-electron chi connectivity index (χ4n) is 3.26. The molecule has 0 saturated heterocycles. The first-order chi connectivity index (χ1) is 14.1. The van der Waals surface area contributed by atoms with Gasteiger partial charge in [0, 0.05) is 0 Å². The molecular weight excluding hydrogens is 366 g/mol. The number of amides is 1. The minimum absolute atomic E-state index is 0.188. The SMILES string of the molecule is CCOc1ccc(C(C)NC(=O)c2cc3ccccc3cc2OC)cc1OCC. The van der Waals surface area contributed by atoms with Crippen molar-refractivity contribution in [3.8, 4) is 17.2 Å². The van der Waals surface area contributed by atoms with E-state index in [9.17, 15) is 4.79 Å². The number of nitrogens with one attached hydrogen (secondary N) is 1. The molecule has 3 rings (SSSR count). The molecule has 0 fully saturated rings. The molecule has 0 aliphatic carbocycles. The molecule has 29 heavy (non-hydrogen) atoms. The molecule has 0 aromatic heterocycles. The van der Waals surface area contributed by atoms with Gasteiger partial charge in [0.2, 0.25) is 0 Å². The summed E-state index contributed by atoms with van der Waals surface area (Å²) in [5.74, 6) is 1.74. The molecule has 5 heteroatoms. The van der Waals surface area contributed by atoms with Gasteiger partial charge in [-0.1, -0.05) is 30.3 Å². The first-order valence-corrected chi connectivity index (χ1v) is 9.84. The van der Waals surface area contributed by atoms with Gasteiger partial charge in [-0.3, -0.25) is 4.79 Å². The van der Waals surface area contributed by atoms with E-state index in [0.717, 1.165) is 16.3 Å². The highest BCUT2D eigenvalue weighted by Gasteiger charge is 2.18. The molecule has 1 atom stereocenters. The largest absolute Gasteiger partial charge is 0.496 e. The van der Waals surface area contributed by atoms with Crippen molar-refractivity contribution >= 4 is 16.7 Å². The van der Waals surface area contributed by atoms with Gasteiger partial charge in [0.05, 0.1) is 31.9 Å². The van der Waals surface area contributed by atoms with Crippen molar-refractivity contribution in [1.29, 1.82) is 0 Å². The van der Waals surface area contributed by atoms with Gasteiger partial charge in [-0.25, -0.2) is 0 Å². The summed E-state index contributed by atoms with van der Waals surface area (Å²) in [4.78, 5) is 13.0. The van der Waals surface area contributed by atoms with Crippen LogP contribution in [0.5, 0.6) is 17.2 Å². The van der Waals surface area contributed by atoms with Gasteiger partial charge in [-0.05, 0) is 61.4 Å². The number of hydrogen-bond donors (Lipinski definition) is 1. The molecule has 0 bridgehead atoms. The number of ether oxygens (including phenoxy) is 3. The maximum absolute atomic E-state index is 13.0. The summed E-state index contributed by atoms with van der Waals surface area (Å²) in [5, 5.41) is 5.08. The summed E-state index contributed by atoms with van der Waals surface area (Å²) in [6.07, 6.45) is 0. The zero-order chi connectivity index (χ0) is 20.8. The second-order valence-corrected chi connectivity index (χ2v) is 6.67. The predicted octanol–water partition coefficient (Wildman–Crippen LogP) is 5.14. The van der Waals surface area contributed by atoms with Crippen molar-refractivity contribution in [2.75, 3.05) is 20.3 Å². The van der Waals surface area contributed by atoms with Gasteiger partial charge in [-0.15, -0.1) is 0 Å². The third-order valence-electron chi connectivity index (χ3n) is 4.73. The smallest absolute Gasteiger partial charge is 0.255 e. The van der Waals surface area contributed by atoms with Crippen LogP contribution in [-0.4, -0.2) is 26.2 Å². The van der Waals surface area contributed by atoms with E-state index in [1.807, 2.05) is 75.4 Å². The lowest BCUT2D eigenvalue weighted by Gasteiger charge is -2.18. The van der Waals surface area contributed by atoms with Crippen molar-refractivity contribution in [2.45, 2.75) is 26.8 Å². The van der Waals surface area contributed by atoms with E-state index < -0.39 is 0 Å². The van der Waals surface area contributed by atoms with Crippen LogP contribution in [0, 0.1) is 0 Å². The topological polar surface area (TPSA) is 56.8 Å². The molecule has 0 aliphatic heterocycles. The second-order valence-electron chi connectivity index (χ2n) is 6.67. The van der Waals surface area contributed by atoms with Crippen molar-refractivity contribution in [3.05, 3.63) is 65.7 Å². The quantitative estimate of drug-likeness (QED) is 0.576. The summed E-state index contributed by atoms with van der Waals surface area (Å²) < 4.78 is 16.8. The Balaban J connectivity index is 1.85. The van der Waals surface area contributed by atoms with E-state index in [1.54, 1.807) is 7.11 Å². The summed E-state index contributed by atoms with van der Waals surface area (Å²) >= 11 is 0. The molecule has 3 aromatic rings. The third-order valence-corrected chi connectivity index (χ3v) is 4.73. The number of hydrogen-bond acceptors (Lipinski definition) is 4. The molecule has 3 aromatic carbocycles. The Labute approximate surface area is 171 Å². The van der Waals surface area contributed by atoms with Gasteiger partial charge in [0.1, 0.15) is 5.75 Å². The van der Waals surface area contributed by atoms with Gasteiger partial charge in [0.15, 0.2) is 11.5 Å². The van der Waals surface area contributed by atoms with E-state index in [1.165, 1.54) is 0 Å². The Bertz CT molecular complexity index is 999. The van der Waals surface area contributed by atoms with Crippen molar-refractivity contribution in [1.82, 2.24) is 5.32 Å². The predicted molar refractivity (Wildman–Crippen MR) is 115 cm³/mol. The van der Waals surface area contributed by atoms with Crippen LogP contribution in [-0.2, 0) is 0 Å². The van der Waals surface area contributed by atoms with Crippen molar-refractivity contribution < 1.29 is 19.0 Å². The molecule has 1 unspecified atom stereocenters. The average molecular weight is 393 g/mol. The van der Waals surface area contributed by atoms with Crippen LogP contribution in [0.3, 0.4) is 0 Å². The first kappa shape index (κ1) is 20.5. The van der Waals surface area contributed by atoms with Crippen LogP contribution in [0.4, 0.5) is 0 Å². The molecule has 0 heterocycles. The van der Waals surface area contributed by atoms with Crippen LogP contribution >= 0.6 is 0 Å². The zero-order valence-electron chi connectivity index (χ0n) is 17.3. The van der Waals surface area contributed by atoms with Crippen LogP contribution in [0.15, 0.2) is 54.6 Å². The fourth-order valence-corrected chi connectivity index (χ4v) is 3.26. The fraction of sp³-hybridized carbons (Fsp3) is 0.292. The van der Waals surface area contributed by atoms with Crippen molar-refractivity contribution in [3.63, 3.8) is 0 Å². The summed E-state index contributed by atoms with van der Waals surface area (Å²) in [6, 6.07) is 17.2. The monoisotopic (exact) mass is 393 g/mol. The number of carbonyl (C=O) groups is 1. The molecule has 5 nitrogen and oxygen atoms in total. The highest BCUT2D eigenvalue weighted by molar-refractivity contribution is 6.01. The molecule has 1 amide bonds. The van der Waals surface area contributed by atoms with E-state index in [4.69, 9.17) is 14.2 Å². The number of carbonyl (C=O) groups excluding carboxylic acids is 1. The van der Waals surface area contributed by atoms with Gasteiger partial charge >= 0.3 is 0 Å². The zero-order valence-corrected chi connectivity index (χ0v) is 17.3. The normalized spacial score (nSPS) is 11.7. The number of fused-ring (bicyclic) bond motifs is 1. The molecule has 152 valence electrons. The van der Waals surface area contributed by atoms with Gasteiger partial charge in [0.25, 0.3) is 5.91 Å². The lowest BCUT2D eigenvalue weighted by molar-refractivity contribution is 0.0937. The standard InChI is InChI=1S/C24H27NO4/c1-5-28-21-12-11-17(14-23(21)29-6-2)16(3)25-24(26)20-13-18-9-7-8-10-19(18)15-22(20)27-4/h7-16H,5-6H2,1-4H3,(H,25,26).